The van der Waals surface area contributed by atoms with Gasteiger partial charge in [-0.3, -0.25) is 0 Å². The molecule has 0 unspecified atom stereocenters. The number of thiophene rings is 1. The van der Waals surface area contributed by atoms with Gasteiger partial charge in [-0.15, -0.1) is 11.3 Å². The number of anilines is 3. The van der Waals surface area contributed by atoms with Gasteiger partial charge in [-0.05, 0) is 30.5 Å². The van der Waals surface area contributed by atoms with Gasteiger partial charge in [0.1, 0.15) is 17.2 Å². The van der Waals surface area contributed by atoms with Gasteiger partial charge in [-0.2, -0.15) is 15.0 Å². The number of nitrogens with zero attached hydrogens (tertiary/aromatic N) is 5. The molecule has 3 N–H and O–H groups in total. The summed E-state index contributed by atoms with van der Waals surface area (Å²) >= 11 is 3.18. The van der Waals surface area contributed by atoms with Gasteiger partial charge in [-0.1, -0.05) is 29.5 Å². The third kappa shape index (κ3) is 3.73. The summed E-state index contributed by atoms with van der Waals surface area (Å²) in [7, 11) is 0. The predicted octanol–water partition coefficient (Wildman–Crippen LogP) is 3.80. The summed E-state index contributed by atoms with van der Waals surface area (Å²) in [6.45, 7) is 2.04. The molecule has 0 saturated heterocycles. The number of aromatic nitrogens is 5. The Morgan fingerprint density at radius 2 is 1.92 bits per heavy atom. The van der Waals surface area contributed by atoms with E-state index in [-0.39, 0.29) is 5.95 Å². The van der Waals surface area contributed by atoms with Crippen LogP contribution in [0.4, 0.5) is 17.6 Å². The summed E-state index contributed by atoms with van der Waals surface area (Å²) in [5.41, 5.74) is 8.88. The van der Waals surface area contributed by atoms with Crippen LogP contribution in [0, 0.1) is 6.92 Å². The fraction of sp³-hybridized carbons (Fsp3) is 0.118. The maximum atomic E-state index is 5.85. The van der Waals surface area contributed by atoms with Crippen LogP contribution in [-0.4, -0.2) is 24.9 Å². The normalized spacial score (nSPS) is 11.0. The monoisotopic (exact) mass is 381 g/mol. The quantitative estimate of drug-likeness (QED) is 0.397. The topological polar surface area (TPSA) is 102 Å². The summed E-state index contributed by atoms with van der Waals surface area (Å²) in [6, 6.07) is 9.96. The molecule has 0 aliphatic rings. The minimum Gasteiger partial charge on any atom is -0.368 e. The Morgan fingerprint density at radius 1 is 1.08 bits per heavy atom. The minimum atomic E-state index is 0.189. The summed E-state index contributed by atoms with van der Waals surface area (Å²) in [5.74, 6) is 1.76. The number of rotatable bonds is 5. The molecule has 4 rings (SSSR count). The van der Waals surface area contributed by atoms with Crippen LogP contribution >= 0.6 is 23.1 Å². The Bertz CT molecular complexity index is 1050. The first kappa shape index (κ1) is 16.7. The van der Waals surface area contributed by atoms with E-state index in [2.05, 4.69) is 30.2 Å². The Balaban J connectivity index is 1.52. The van der Waals surface area contributed by atoms with Crippen LogP contribution in [0.3, 0.4) is 0 Å². The lowest BCUT2D eigenvalue weighted by Crippen LogP contribution is -2.06. The number of fused-ring (bicyclic) bond motifs is 1. The first-order valence-electron chi connectivity index (χ1n) is 7.82. The van der Waals surface area contributed by atoms with E-state index in [1.54, 1.807) is 29.4 Å². The number of nitrogen functional groups attached to an aromatic ring is 1. The molecule has 130 valence electrons. The third-order valence-corrected chi connectivity index (χ3v) is 5.58. The molecular weight excluding hydrogens is 366 g/mol. The van der Waals surface area contributed by atoms with Crippen LogP contribution in [0.15, 0.2) is 47.1 Å². The maximum absolute atomic E-state index is 5.85. The molecule has 0 radical (unpaired) electrons. The van der Waals surface area contributed by atoms with Gasteiger partial charge >= 0.3 is 0 Å². The van der Waals surface area contributed by atoms with Crippen molar-refractivity contribution in [2.45, 2.75) is 17.7 Å². The van der Waals surface area contributed by atoms with Crippen molar-refractivity contribution in [2.24, 2.45) is 0 Å². The maximum Gasteiger partial charge on any atom is 0.232 e. The summed E-state index contributed by atoms with van der Waals surface area (Å²) < 4.78 is 1.07. The molecule has 26 heavy (non-hydrogen) atoms. The van der Waals surface area contributed by atoms with Crippen molar-refractivity contribution < 1.29 is 0 Å². The van der Waals surface area contributed by atoms with Crippen molar-refractivity contribution in [1.82, 2.24) is 24.9 Å². The van der Waals surface area contributed by atoms with Crippen LogP contribution < -0.4 is 11.1 Å². The number of hydrogen-bond acceptors (Lipinski definition) is 9. The van der Waals surface area contributed by atoms with Crippen LogP contribution in [0.5, 0.6) is 0 Å². The van der Waals surface area contributed by atoms with Gasteiger partial charge in [0.2, 0.25) is 11.9 Å². The lowest BCUT2D eigenvalue weighted by molar-refractivity contribution is 0.980. The van der Waals surface area contributed by atoms with E-state index in [4.69, 9.17) is 5.73 Å². The van der Waals surface area contributed by atoms with Gasteiger partial charge < -0.3 is 11.1 Å². The number of nitrogens with one attached hydrogen (secondary N) is 1. The van der Waals surface area contributed by atoms with E-state index in [0.717, 1.165) is 20.9 Å². The van der Waals surface area contributed by atoms with E-state index in [1.807, 2.05) is 42.6 Å². The first-order chi connectivity index (χ1) is 12.7. The van der Waals surface area contributed by atoms with Crippen LogP contribution in [0.25, 0.3) is 10.2 Å². The highest BCUT2D eigenvalue weighted by Gasteiger charge is 2.09. The van der Waals surface area contributed by atoms with Crippen LogP contribution in [-0.2, 0) is 5.75 Å². The average Bonchev–Trinajstić information content (AvgIpc) is 3.11. The van der Waals surface area contributed by atoms with Crippen molar-refractivity contribution in [3.63, 3.8) is 0 Å². The minimum absolute atomic E-state index is 0.189. The van der Waals surface area contributed by atoms with Gasteiger partial charge in [-0.25, -0.2) is 9.97 Å². The highest BCUT2D eigenvalue weighted by Crippen LogP contribution is 2.30. The molecule has 3 heterocycles. The van der Waals surface area contributed by atoms with Crippen molar-refractivity contribution in [1.29, 1.82) is 0 Å². The van der Waals surface area contributed by atoms with Crippen molar-refractivity contribution in [2.75, 3.05) is 11.1 Å². The van der Waals surface area contributed by atoms with Crippen molar-refractivity contribution >= 4 is 50.9 Å². The Labute approximate surface area is 158 Å². The van der Waals surface area contributed by atoms with E-state index >= 15 is 0 Å². The summed E-state index contributed by atoms with van der Waals surface area (Å²) in [5, 5.41) is 6.08. The molecule has 1 aromatic carbocycles. The molecule has 0 aliphatic carbocycles. The highest BCUT2D eigenvalue weighted by molar-refractivity contribution is 7.98. The molecular formula is C17H15N7S2. The van der Waals surface area contributed by atoms with Crippen molar-refractivity contribution in [3.05, 3.63) is 53.4 Å². The van der Waals surface area contributed by atoms with E-state index in [0.29, 0.717) is 17.5 Å². The largest absolute Gasteiger partial charge is 0.368 e. The van der Waals surface area contributed by atoms with E-state index in [1.165, 1.54) is 5.56 Å². The SMILES string of the molecule is Cc1ccc(Nc2nc(N)nc(CSc3ncnc4ccsc34)n2)cc1. The van der Waals surface area contributed by atoms with Crippen LogP contribution in [0.2, 0.25) is 0 Å². The Kier molecular flexibility index (Phi) is 4.63. The van der Waals surface area contributed by atoms with Crippen molar-refractivity contribution in [3.8, 4) is 0 Å². The Morgan fingerprint density at radius 3 is 2.77 bits per heavy atom. The van der Waals surface area contributed by atoms with Gasteiger partial charge in [0.15, 0.2) is 0 Å². The molecule has 9 heteroatoms. The molecule has 7 nitrogen and oxygen atoms in total. The number of aryl methyl sites for hydroxylation is 1. The molecule has 0 amide bonds. The fourth-order valence-corrected chi connectivity index (χ4v) is 4.13. The molecule has 0 atom stereocenters. The lowest BCUT2D eigenvalue weighted by Gasteiger charge is -2.07. The second-order valence-electron chi connectivity index (χ2n) is 5.53. The summed E-state index contributed by atoms with van der Waals surface area (Å²) in [6.07, 6.45) is 1.57. The van der Waals surface area contributed by atoms with E-state index < -0.39 is 0 Å². The number of benzene rings is 1. The second-order valence-corrected chi connectivity index (χ2v) is 7.41. The van der Waals surface area contributed by atoms with E-state index in [9.17, 15) is 0 Å². The molecule has 0 bridgehead atoms. The number of thioether (sulfide) groups is 1. The number of hydrogen-bond donors (Lipinski definition) is 2. The molecule has 4 aromatic rings. The molecule has 0 spiro atoms. The Hall–Kier alpha value is -2.78. The zero-order valence-corrected chi connectivity index (χ0v) is 15.5. The second kappa shape index (κ2) is 7.22. The molecule has 0 fully saturated rings. The van der Waals surface area contributed by atoms with Gasteiger partial charge in [0, 0.05) is 5.69 Å². The van der Waals surface area contributed by atoms with Crippen LogP contribution in [0.1, 0.15) is 11.4 Å². The number of nitrogens with two attached hydrogens (primary N) is 1. The molecule has 0 saturated carbocycles. The third-order valence-electron chi connectivity index (χ3n) is 3.56. The molecule has 3 aromatic heterocycles. The first-order valence-corrected chi connectivity index (χ1v) is 9.69. The molecule has 0 aliphatic heterocycles. The standard InChI is InChI=1S/C17H15N7S2/c1-10-2-4-11(5-3-10)21-17-23-13(22-16(18)24-17)8-26-15-14-12(6-7-25-14)19-9-20-15/h2-7,9H,8H2,1H3,(H3,18,21,22,23,24). The highest BCUT2D eigenvalue weighted by atomic mass is 32.2. The zero-order chi connectivity index (χ0) is 17.9. The smallest absolute Gasteiger partial charge is 0.232 e. The average molecular weight is 381 g/mol. The predicted molar refractivity (Wildman–Crippen MR) is 106 cm³/mol. The summed E-state index contributed by atoms with van der Waals surface area (Å²) in [4.78, 5) is 21.5. The fourth-order valence-electron chi connectivity index (χ4n) is 2.33. The lowest BCUT2D eigenvalue weighted by atomic mass is 10.2. The van der Waals surface area contributed by atoms with Gasteiger partial charge in [0.25, 0.3) is 0 Å². The van der Waals surface area contributed by atoms with Gasteiger partial charge in [0.05, 0.1) is 16.0 Å². The zero-order valence-electron chi connectivity index (χ0n) is 13.9.